The zero-order valence-corrected chi connectivity index (χ0v) is 23.8. The molecule has 34 heavy (non-hydrogen) atoms. The molecule has 0 unspecified atom stereocenters. The molecule has 1 aliphatic heterocycles. The number of quaternary nitrogens is 1. The summed E-state index contributed by atoms with van der Waals surface area (Å²) in [5, 5.41) is 0. The first kappa shape index (κ1) is 26.2. The number of piperidine rings is 1. The number of rotatable bonds is 8. The van der Waals surface area contributed by atoms with Gasteiger partial charge in [0.2, 0.25) is 5.91 Å². The van der Waals surface area contributed by atoms with Crippen LogP contribution in [-0.2, 0) is 4.79 Å². The van der Waals surface area contributed by atoms with Crippen molar-refractivity contribution in [3.8, 4) is 0 Å². The SMILES string of the molecule is CC(C)CCC[C@H](C)[C@H]1CC[C@H]2[C@H]3CC=C4N(CC[N+](C)(C)C)C(=O)CC[C@]4(C)[C@@H]3CC[C@]12C. The molecule has 0 aromatic heterocycles. The van der Waals surface area contributed by atoms with Gasteiger partial charge in [-0.3, -0.25) is 4.79 Å². The number of carbonyl (C=O) groups excluding carboxylic acids is 1. The third-order valence-electron chi connectivity index (χ3n) is 11.1. The summed E-state index contributed by atoms with van der Waals surface area (Å²) in [5.74, 6) is 5.46. The van der Waals surface area contributed by atoms with Gasteiger partial charge in [0.15, 0.2) is 0 Å². The van der Waals surface area contributed by atoms with Gasteiger partial charge in [0.1, 0.15) is 0 Å². The monoisotopic (exact) mass is 471 g/mol. The Morgan fingerprint density at radius 2 is 1.76 bits per heavy atom. The Kier molecular flexibility index (Phi) is 7.38. The van der Waals surface area contributed by atoms with E-state index in [1.54, 1.807) is 0 Å². The highest BCUT2D eigenvalue weighted by atomic mass is 16.2. The molecular formula is C31H55N2O+. The molecular weight excluding hydrogens is 416 g/mol. The normalized spacial score (nSPS) is 38.9. The molecule has 194 valence electrons. The van der Waals surface area contributed by atoms with Crippen molar-refractivity contribution in [2.45, 2.75) is 98.8 Å². The summed E-state index contributed by atoms with van der Waals surface area (Å²) in [6.07, 6.45) is 15.5. The highest BCUT2D eigenvalue weighted by molar-refractivity contribution is 5.80. The van der Waals surface area contributed by atoms with Crippen molar-refractivity contribution in [3.05, 3.63) is 11.8 Å². The topological polar surface area (TPSA) is 20.3 Å². The van der Waals surface area contributed by atoms with E-state index in [-0.39, 0.29) is 5.41 Å². The van der Waals surface area contributed by atoms with E-state index in [2.05, 4.69) is 66.7 Å². The number of hydrogen-bond acceptors (Lipinski definition) is 1. The molecule has 1 saturated heterocycles. The summed E-state index contributed by atoms with van der Waals surface area (Å²) < 4.78 is 0.914. The van der Waals surface area contributed by atoms with Crippen molar-refractivity contribution in [1.29, 1.82) is 0 Å². The van der Waals surface area contributed by atoms with Crippen LogP contribution in [0.25, 0.3) is 0 Å². The lowest BCUT2D eigenvalue weighted by Crippen LogP contribution is -2.55. The van der Waals surface area contributed by atoms with E-state index in [1.807, 2.05) is 0 Å². The highest BCUT2D eigenvalue weighted by Crippen LogP contribution is 2.67. The van der Waals surface area contributed by atoms with Crippen LogP contribution in [0.4, 0.5) is 0 Å². The fourth-order valence-corrected chi connectivity index (χ4v) is 9.12. The molecule has 7 atom stereocenters. The molecule has 0 bridgehead atoms. The summed E-state index contributed by atoms with van der Waals surface area (Å²) in [5.41, 5.74) is 2.14. The minimum Gasteiger partial charge on any atom is -0.329 e. The first-order chi connectivity index (χ1) is 15.9. The molecule has 3 aliphatic carbocycles. The Morgan fingerprint density at radius 1 is 1.03 bits per heavy atom. The quantitative estimate of drug-likeness (QED) is 0.345. The number of allylic oxidation sites excluding steroid dienone is 2. The minimum absolute atomic E-state index is 0.198. The van der Waals surface area contributed by atoms with Crippen LogP contribution < -0.4 is 0 Å². The lowest BCUT2D eigenvalue weighted by molar-refractivity contribution is -0.869. The number of carbonyl (C=O) groups is 1. The minimum atomic E-state index is 0.198. The Morgan fingerprint density at radius 3 is 2.44 bits per heavy atom. The Balaban J connectivity index is 1.52. The van der Waals surface area contributed by atoms with E-state index >= 15 is 0 Å². The Labute approximate surface area is 211 Å². The van der Waals surface area contributed by atoms with Crippen LogP contribution >= 0.6 is 0 Å². The number of nitrogens with zero attached hydrogens (tertiary/aromatic N) is 2. The van der Waals surface area contributed by atoms with E-state index in [9.17, 15) is 4.79 Å². The fraction of sp³-hybridized carbons (Fsp3) is 0.903. The van der Waals surface area contributed by atoms with Gasteiger partial charge >= 0.3 is 0 Å². The van der Waals surface area contributed by atoms with Crippen LogP contribution in [0.3, 0.4) is 0 Å². The lowest BCUT2D eigenvalue weighted by Gasteiger charge is -2.59. The molecule has 4 rings (SSSR count). The zero-order valence-electron chi connectivity index (χ0n) is 23.8. The molecule has 3 fully saturated rings. The van der Waals surface area contributed by atoms with Gasteiger partial charge < -0.3 is 9.38 Å². The second kappa shape index (κ2) is 9.56. The van der Waals surface area contributed by atoms with Crippen LogP contribution in [0.2, 0.25) is 0 Å². The third kappa shape index (κ3) is 4.76. The van der Waals surface area contributed by atoms with Gasteiger partial charge in [-0.2, -0.15) is 0 Å². The van der Waals surface area contributed by atoms with Crippen LogP contribution in [0, 0.1) is 46.3 Å². The van der Waals surface area contributed by atoms with Gasteiger partial charge in [-0.05, 0) is 79.4 Å². The van der Waals surface area contributed by atoms with E-state index in [4.69, 9.17) is 0 Å². The fourth-order valence-electron chi connectivity index (χ4n) is 9.12. The van der Waals surface area contributed by atoms with Crippen LogP contribution in [0.1, 0.15) is 98.8 Å². The molecule has 0 spiro atoms. The standard InChI is InChI=1S/C31H55N2O/c1-22(2)10-9-11-23(3)25-13-14-26-24-12-15-28-31(5,27(24)16-18-30(25,26)4)19-17-29(34)32(28)20-21-33(6,7)8/h15,22-27H,9-14,16-21H2,1-8H3/q+1/t23-,24+,25+,26-,27+,30+,31+/m0/s1. The van der Waals surface area contributed by atoms with Crippen molar-refractivity contribution in [1.82, 2.24) is 4.90 Å². The van der Waals surface area contributed by atoms with Crippen molar-refractivity contribution in [2.24, 2.45) is 46.3 Å². The predicted molar refractivity (Wildman–Crippen MR) is 143 cm³/mol. The summed E-state index contributed by atoms with van der Waals surface area (Å²) in [6, 6.07) is 0. The molecule has 0 radical (unpaired) electrons. The molecule has 4 aliphatic rings. The number of likely N-dealkylation sites (tertiary alicyclic amines) is 1. The summed E-state index contributed by atoms with van der Waals surface area (Å²) in [4.78, 5) is 15.2. The Bertz CT molecular complexity index is 779. The molecule has 2 saturated carbocycles. The van der Waals surface area contributed by atoms with E-state index in [1.165, 1.54) is 57.1 Å². The summed E-state index contributed by atoms with van der Waals surface area (Å²) in [7, 11) is 6.71. The highest BCUT2D eigenvalue weighted by Gasteiger charge is 2.60. The van der Waals surface area contributed by atoms with E-state index in [0.29, 0.717) is 11.3 Å². The maximum atomic E-state index is 13.0. The Hall–Kier alpha value is -0.830. The second-order valence-corrected chi connectivity index (χ2v) is 14.7. The van der Waals surface area contributed by atoms with Crippen molar-refractivity contribution in [2.75, 3.05) is 34.2 Å². The first-order valence-corrected chi connectivity index (χ1v) is 14.7. The number of fused-ring (bicyclic) bond motifs is 5. The molecule has 3 nitrogen and oxygen atoms in total. The molecule has 3 heteroatoms. The average molecular weight is 472 g/mol. The van der Waals surface area contributed by atoms with Gasteiger partial charge in [-0.15, -0.1) is 0 Å². The summed E-state index contributed by atoms with van der Waals surface area (Å²) in [6.45, 7) is 14.4. The van der Waals surface area contributed by atoms with Crippen LogP contribution in [0.5, 0.6) is 0 Å². The maximum absolute atomic E-state index is 13.0. The van der Waals surface area contributed by atoms with Gasteiger partial charge in [0.05, 0.1) is 34.2 Å². The van der Waals surface area contributed by atoms with Gasteiger partial charge in [0.25, 0.3) is 0 Å². The van der Waals surface area contributed by atoms with Gasteiger partial charge in [-0.25, -0.2) is 0 Å². The number of amides is 1. The molecule has 0 aromatic carbocycles. The molecule has 0 aromatic rings. The number of likely N-dealkylation sites (N-methyl/N-ethyl adjacent to an activating group) is 1. The second-order valence-electron chi connectivity index (χ2n) is 14.7. The molecule has 1 heterocycles. The smallest absolute Gasteiger partial charge is 0.226 e. The first-order valence-electron chi connectivity index (χ1n) is 14.7. The third-order valence-corrected chi connectivity index (χ3v) is 11.1. The lowest BCUT2D eigenvalue weighted by atomic mass is 9.48. The summed E-state index contributed by atoms with van der Waals surface area (Å²) >= 11 is 0. The van der Waals surface area contributed by atoms with Crippen molar-refractivity contribution in [3.63, 3.8) is 0 Å². The van der Waals surface area contributed by atoms with E-state index in [0.717, 1.165) is 65.9 Å². The van der Waals surface area contributed by atoms with E-state index < -0.39 is 0 Å². The predicted octanol–water partition coefficient (Wildman–Crippen LogP) is 7.13. The van der Waals surface area contributed by atoms with Crippen molar-refractivity contribution < 1.29 is 9.28 Å². The van der Waals surface area contributed by atoms with Crippen LogP contribution in [0.15, 0.2) is 11.8 Å². The maximum Gasteiger partial charge on any atom is 0.226 e. The molecule has 0 N–H and O–H groups in total. The number of hydrogen-bond donors (Lipinski definition) is 0. The largest absolute Gasteiger partial charge is 0.329 e. The molecule has 1 amide bonds. The van der Waals surface area contributed by atoms with Gasteiger partial charge in [0, 0.05) is 17.5 Å². The van der Waals surface area contributed by atoms with Gasteiger partial charge in [-0.1, -0.05) is 60.0 Å². The average Bonchev–Trinajstić information content (AvgIpc) is 3.09. The zero-order chi connectivity index (χ0) is 24.9. The van der Waals surface area contributed by atoms with Crippen molar-refractivity contribution >= 4 is 5.91 Å². The van der Waals surface area contributed by atoms with Crippen LogP contribution in [-0.4, -0.2) is 49.5 Å².